The van der Waals surface area contributed by atoms with Gasteiger partial charge in [-0.15, -0.1) is 0 Å². The van der Waals surface area contributed by atoms with Crippen LogP contribution in [0.3, 0.4) is 0 Å². The van der Waals surface area contributed by atoms with Crippen molar-refractivity contribution in [2.45, 2.75) is 18.4 Å². The fraction of sp³-hybridized carbons (Fsp3) is 0.571. The number of hydrogen-bond acceptors (Lipinski definition) is 4. The SMILES string of the molecule is COCC(CN)(Nc1ccc(OC)cc1)C1CC1. The number of rotatable bonds is 7. The van der Waals surface area contributed by atoms with E-state index >= 15 is 0 Å². The van der Waals surface area contributed by atoms with Gasteiger partial charge in [-0.1, -0.05) is 0 Å². The predicted octanol–water partition coefficient (Wildman–Crippen LogP) is 1.86. The lowest BCUT2D eigenvalue weighted by molar-refractivity contribution is 0.134. The lowest BCUT2D eigenvalue weighted by Crippen LogP contribution is -2.51. The van der Waals surface area contributed by atoms with Crippen LogP contribution in [0.1, 0.15) is 12.8 Å². The van der Waals surface area contributed by atoms with Gasteiger partial charge in [0.15, 0.2) is 0 Å². The van der Waals surface area contributed by atoms with Crippen LogP contribution in [-0.2, 0) is 4.74 Å². The van der Waals surface area contributed by atoms with Crippen LogP contribution in [0.15, 0.2) is 24.3 Å². The molecule has 0 saturated heterocycles. The van der Waals surface area contributed by atoms with Crippen LogP contribution < -0.4 is 15.8 Å². The molecule has 100 valence electrons. The van der Waals surface area contributed by atoms with Crippen molar-refractivity contribution in [1.29, 1.82) is 0 Å². The van der Waals surface area contributed by atoms with Crippen molar-refractivity contribution in [3.05, 3.63) is 24.3 Å². The van der Waals surface area contributed by atoms with Crippen molar-refractivity contribution in [2.24, 2.45) is 11.7 Å². The molecular weight excluding hydrogens is 228 g/mol. The number of benzene rings is 1. The van der Waals surface area contributed by atoms with Crippen molar-refractivity contribution in [3.63, 3.8) is 0 Å². The second kappa shape index (κ2) is 5.59. The van der Waals surface area contributed by atoms with Gasteiger partial charge in [-0.25, -0.2) is 0 Å². The van der Waals surface area contributed by atoms with E-state index in [4.69, 9.17) is 15.2 Å². The summed E-state index contributed by atoms with van der Waals surface area (Å²) in [6.07, 6.45) is 2.45. The molecule has 0 amide bonds. The highest BCUT2D eigenvalue weighted by molar-refractivity contribution is 5.49. The molecule has 1 aliphatic rings. The van der Waals surface area contributed by atoms with Gasteiger partial charge in [-0.2, -0.15) is 0 Å². The molecule has 18 heavy (non-hydrogen) atoms. The molecule has 0 bridgehead atoms. The zero-order chi connectivity index (χ0) is 13.0. The van der Waals surface area contributed by atoms with E-state index in [0.717, 1.165) is 11.4 Å². The van der Waals surface area contributed by atoms with Crippen LogP contribution in [0.25, 0.3) is 0 Å². The Kier molecular flexibility index (Phi) is 4.09. The minimum atomic E-state index is -0.136. The Bertz CT molecular complexity index is 376. The summed E-state index contributed by atoms with van der Waals surface area (Å²) in [4.78, 5) is 0. The summed E-state index contributed by atoms with van der Waals surface area (Å²) in [5.74, 6) is 1.47. The molecule has 1 aromatic rings. The van der Waals surface area contributed by atoms with Crippen LogP contribution in [0.4, 0.5) is 5.69 Å². The first-order chi connectivity index (χ1) is 8.74. The highest BCUT2D eigenvalue weighted by atomic mass is 16.5. The van der Waals surface area contributed by atoms with Crippen LogP contribution in [-0.4, -0.2) is 32.9 Å². The van der Waals surface area contributed by atoms with Gasteiger partial charge >= 0.3 is 0 Å². The maximum atomic E-state index is 5.97. The largest absolute Gasteiger partial charge is 0.497 e. The summed E-state index contributed by atoms with van der Waals surface area (Å²) >= 11 is 0. The summed E-state index contributed by atoms with van der Waals surface area (Å²) in [5.41, 5.74) is 6.90. The molecule has 4 nitrogen and oxygen atoms in total. The number of ether oxygens (including phenoxy) is 2. The number of nitrogens with one attached hydrogen (secondary N) is 1. The summed E-state index contributed by atoms with van der Waals surface area (Å²) in [6, 6.07) is 7.93. The average molecular weight is 250 g/mol. The van der Waals surface area contributed by atoms with Gasteiger partial charge in [0, 0.05) is 19.3 Å². The van der Waals surface area contributed by atoms with E-state index in [1.54, 1.807) is 14.2 Å². The van der Waals surface area contributed by atoms with Gasteiger partial charge in [0.25, 0.3) is 0 Å². The highest BCUT2D eigenvalue weighted by Crippen LogP contribution is 2.41. The van der Waals surface area contributed by atoms with Crippen molar-refractivity contribution in [3.8, 4) is 5.75 Å². The Balaban J connectivity index is 2.11. The molecule has 0 aliphatic heterocycles. The van der Waals surface area contributed by atoms with E-state index in [0.29, 0.717) is 19.1 Å². The quantitative estimate of drug-likeness (QED) is 0.775. The predicted molar refractivity (Wildman–Crippen MR) is 73.0 cm³/mol. The summed E-state index contributed by atoms with van der Waals surface area (Å²) < 4.78 is 10.5. The number of anilines is 1. The molecule has 1 aromatic carbocycles. The third-order valence-electron chi connectivity index (χ3n) is 3.61. The maximum absolute atomic E-state index is 5.97. The first kappa shape index (κ1) is 13.2. The lowest BCUT2D eigenvalue weighted by Gasteiger charge is -2.34. The van der Waals surface area contributed by atoms with E-state index < -0.39 is 0 Å². The molecule has 0 radical (unpaired) electrons. The third kappa shape index (κ3) is 2.76. The Morgan fingerprint density at radius 1 is 1.28 bits per heavy atom. The topological polar surface area (TPSA) is 56.5 Å². The molecule has 1 atom stereocenters. The van der Waals surface area contributed by atoms with E-state index in [2.05, 4.69) is 5.32 Å². The molecule has 0 aromatic heterocycles. The molecule has 1 fully saturated rings. The minimum absolute atomic E-state index is 0.136. The van der Waals surface area contributed by atoms with Crippen LogP contribution in [0.2, 0.25) is 0 Å². The Morgan fingerprint density at radius 3 is 2.39 bits per heavy atom. The van der Waals surface area contributed by atoms with Crippen LogP contribution in [0.5, 0.6) is 5.75 Å². The number of nitrogens with two attached hydrogens (primary N) is 1. The van der Waals surface area contributed by atoms with Gasteiger partial charge in [0.05, 0.1) is 19.3 Å². The fourth-order valence-electron chi connectivity index (χ4n) is 2.39. The molecule has 3 N–H and O–H groups in total. The molecule has 0 heterocycles. The lowest BCUT2D eigenvalue weighted by atomic mass is 9.93. The molecule has 1 saturated carbocycles. The monoisotopic (exact) mass is 250 g/mol. The average Bonchev–Trinajstić information content (AvgIpc) is 3.24. The normalized spacial score (nSPS) is 18.2. The number of hydrogen-bond donors (Lipinski definition) is 2. The smallest absolute Gasteiger partial charge is 0.119 e. The first-order valence-electron chi connectivity index (χ1n) is 6.35. The van der Waals surface area contributed by atoms with Gasteiger partial charge in [0.1, 0.15) is 5.75 Å². The van der Waals surface area contributed by atoms with Gasteiger partial charge < -0.3 is 20.5 Å². The standard InChI is InChI=1S/C14H22N2O2/c1-17-10-14(9-15,11-3-4-11)16-12-5-7-13(18-2)8-6-12/h5-8,11,16H,3-4,9-10,15H2,1-2H3. The van der Waals surface area contributed by atoms with Gasteiger partial charge in [0.2, 0.25) is 0 Å². The zero-order valence-corrected chi connectivity index (χ0v) is 11.1. The van der Waals surface area contributed by atoms with Crippen molar-refractivity contribution >= 4 is 5.69 Å². The van der Waals surface area contributed by atoms with E-state index in [9.17, 15) is 0 Å². The summed E-state index contributed by atoms with van der Waals surface area (Å²) in [7, 11) is 3.39. The van der Waals surface area contributed by atoms with Crippen molar-refractivity contribution in [1.82, 2.24) is 0 Å². The number of methoxy groups -OCH3 is 2. The van der Waals surface area contributed by atoms with E-state index in [-0.39, 0.29) is 5.54 Å². The molecule has 2 rings (SSSR count). The van der Waals surface area contributed by atoms with E-state index in [1.165, 1.54) is 12.8 Å². The summed E-state index contributed by atoms with van der Waals surface area (Å²) in [5, 5.41) is 3.55. The second-order valence-corrected chi connectivity index (χ2v) is 4.92. The Morgan fingerprint density at radius 2 is 1.94 bits per heavy atom. The minimum Gasteiger partial charge on any atom is -0.497 e. The van der Waals surface area contributed by atoms with Crippen molar-refractivity contribution in [2.75, 3.05) is 32.7 Å². The molecular formula is C14H22N2O2. The molecule has 0 spiro atoms. The first-order valence-corrected chi connectivity index (χ1v) is 6.35. The Labute approximate surface area is 108 Å². The summed E-state index contributed by atoms with van der Waals surface area (Å²) in [6.45, 7) is 1.22. The zero-order valence-electron chi connectivity index (χ0n) is 11.1. The maximum Gasteiger partial charge on any atom is 0.119 e. The molecule has 1 aliphatic carbocycles. The van der Waals surface area contributed by atoms with Crippen molar-refractivity contribution < 1.29 is 9.47 Å². The second-order valence-electron chi connectivity index (χ2n) is 4.92. The third-order valence-corrected chi connectivity index (χ3v) is 3.61. The highest BCUT2D eigenvalue weighted by Gasteiger charge is 2.44. The fourth-order valence-corrected chi connectivity index (χ4v) is 2.39. The van der Waals surface area contributed by atoms with E-state index in [1.807, 2.05) is 24.3 Å². The molecule has 4 heteroatoms. The Hall–Kier alpha value is -1.26. The van der Waals surface area contributed by atoms with Crippen LogP contribution in [0, 0.1) is 5.92 Å². The molecule has 1 unspecified atom stereocenters. The van der Waals surface area contributed by atoms with Crippen LogP contribution >= 0.6 is 0 Å². The van der Waals surface area contributed by atoms with Gasteiger partial charge in [-0.3, -0.25) is 0 Å². The van der Waals surface area contributed by atoms with Gasteiger partial charge in [-0.05, 0) is 43.0 Å².